The van der Waals surface area contributed by atoms with E-state index in [1.54, 1.807) is 18.2 Å². The first-order valence-corrected chi connectivity index (χ1v) is 10.2. The van der Waals surface area contributed by atoms with Gasteiger partial charge >= 0.3 is 5.97 Å². The van der Waals surface area contributed by atoms with Crippen molar-refractivity contribution in [1.29, 1.82) is 0 Å². The Bertz CT molecular complexity index is 1150. The zero-order chi connectivity index (χ0) is 22.8. The van der Waals surface area contributed by atoms with E-state index in [1.807, 2.05) is 30.3 Å². The SMILES string of the molecule is COc1cccc(-c2ccccc2)c1C(=O)N1C(C(=O)O)CCC1c1c(F)cccc1F. The van der Waals surface area contributed by atoms with Crippen LogP contribution in [-0.4, -0.2) is 35.0 Å². The first-order chi connectivity index (χ1) is 15.4. The van der Waals surface area contributed by atoms with Crippen LogP contribution in [0, 0.1) is 11.6 Å². The molecule has 164 valence electrons. The largest absolute Gasteiger partial charge is 0.496 e. The summed E-state index contributed by atoms with van der Waals surface area (Å²) in [7, 11) is 1.41. The predicted octanol–water partition coefficient (Wildman–Crippen LogP) is 5.07. The molecular weight excluding hydrogens is 416 g/mol. The number of hydrogen-bond acceptors (Lipinski definition) is 3. The van der Waals surface area contributed by atoms with Crippen LogP contribution < -0.4 is 4.74 Å². The summed E-state index contributed by atoms with van der Waals surface area (Å²) in [6.07, 6.45) is 0.200. The molecule has 0 saturated carbocycles. The van der Waals surface area contributed by atoms with Gasteiger partial charge in [0.05, 0.1) is 18.7 Å². The van der Waals surface area contributed by atoms with E-state index < -0.39 is 35.6 Å². The summed E-state index contributed by atoms with van der Waals surface area (Å²) in [5.41, 5.74) is 1.12. The van der Waals surface area contributed by atoms with Crippen molar-refractivity contribution in [3.8, 4) is 16.9 Å². The van der Waals surface area contributed by atoms with Crippen molar-refractivity contribution in [1.82, 2.24) is 4.90 Å². The molecule has 32 heavy (non-hydrogen) atoms. The minimum atomic E-state index is -1.23. The van der Waals surface area contributed by atoms with Gasteiger partial charge in [-0.15, -0.1) is 0 Å². The van der Waals surface area contributed by atoms with Crippen LogP contribution in [0.1, 0.15) is 34.8 Å². The number of carboxylic acids is 1. The number of carbonyl (C=O) groups excluding carboxylic acids is 1. The lowest BCUT2D eigenvalue weighted by Crippen LogP contribution is -2.42. The Morgan fingerprint density at radius 1 is 0.938 bits per heavy atom. The van der Waals surface area contributed by atoms with Gasteiger partial charge in [-0.2, -0.15) is 0 Å². The number of ether oxygens (including phenoxy) is 1. The Hall–Kier alpha value is -3.74. The van der Waals surface area contributed by atoms with Crippen molar-refractivity contribution in [3.63, 3.8) is 0 Å². The molecule has 1 fully saturated rings. The van der Waals surface area contributed by atoms with Crippen molar-refractivity contribution in [2.45, 2.75) is 24.9 Å². The third-order valence-electron chi connectivity index (χ3n) is 5.78. The summed E-state index contributed by atoms with van der Waals surface area (Å²) in [5.74, 6) is -3.27. The molecule has 5 nitrogen and oxygen atoms in total. The van der Waals surface area contributed by atoms with Gasteiger partial charge in [-0.05, 0) is 42.2 Å². The van der Waals surface area contributed by atoms with Crippen molar-refractivity contribution in [2.75, 3.05) is 7.11 Å². The number of halogens is 2. The lowest BCUT2D eigenvalue weighted by atomic mass is 9.96. The third kappa shape index (κ3) is 3.70. The minimum Gasteiger partial charge on any atom is -0.496 e. The molecule has 0 aliphatic carbocycles. The first kappa shape index (κ1) is 21.5. The zero-order valence-corrected chi connectivity index (χ0v) is 17.3. The number of likely N-dealkylation sites (tertiary alicyclic amines) is 1. The molecule has 1 saturated heterocycles. The van der Waals surface area contributed by atoms with Crippen LogP contribution >= 0.6 is 0 Å². The average Bonchev–Trinajstić information content (AvgIpc) is 3.23. The summed E-state index contributed by atoms with van der Waals surface area (Å²) in [4.78, 5) is 26.9. The maximum absolute atomic E-state index is 14.6. The molecule has 3 aromatic rings. The normalized spacial score (nSPS) is 17.9. The standard InChI is InChI=1S/C25H21F2NO4/c1-32-21-12-5-9-16(15-7-3-2-4-8-15)22(21)24(29)28-19(13-14-20(28)25(30)31)23-17(26)10-6-11-18(23)27/h2-12,19-20H,13-14H2,1H3,(H,30,31). The number of nitrogens with zero attached hydrogens (tertiary/aromatic N) is 1. The molecule has 7 heteroatoms. The van der Waals surface area contributed by atoms with Gasteiger partial charge in [0.1, 0.15) is 23.4 Å². The maximum atomic E-state index is 14.6. The second kappa shape index (κ2) is 8.78. The van der Waals surface area contributed by atoms with Crippen LogP contribution in [0.15, 0.2) is 66.7 Å². The first-order valence-electron chi connectivity index (χ1n) is 10.2. The van der Waals surface area contributed by atoms with Crippen molar-refractivity contribution >= 4 is 11.9 Å². The number of amides is 1. The van der Waals surface area contributed by atoms with E-state index in [9.17, 15) is 23.5 Å². The molecule has 1 aliphatic rings. The van der Waals surface area contributed by atoms with Gasteiger partial charge in [0, 0.05) is 5.56 Å². The predicted molar refractivity (Wildman–Crippen MR) is 114 cm³/mol. The number of rotatable bonds is 5. The number of carboxylic acid groups (broad SMARTS) is 1. The lowest BCUT2D eigenvalue weighted by Gasteiger charge is -2.30. The molecule has 3 aromatic carbocycles. The summed E-state index contributed by atoms with van der Waals surface area (Å²) in [6.45, 7) is 0. The van der Waals surface area contributed by atoms with Crippen LogP contribution in [0.3, 0.4) is 0 Å². The summed E-state index contributed by atoms with van der Waals surface area (Å²) in [5, 5.41) is 9.78. The van der Waals surface area contributed by atoms with Crippen LogP contribution in [0.25, 0.3) is 11.1 Å². The Labute approximate surface area is 183 Å². The van der Waals surface area contributed by atoms with Gasteiger partial charge in [0.2, 0.25) is 0 Å². The second-order valence-electron chi connectivity index (χ2n) is 7.54. The van der Waals surface area contributed by atoms with Crippen LogP contribution in [-0.2, 0) is 4.79 Å². The van der Waals surface area contributed by atoms with Crippen molar-refractivity contribution in [3.05, 3.63) is 89.5 Å². The topological polar surface area (TPSA) is 66.8 Å². The Balaban J connectivity index is 1.89. The molecular formula is C25H21F2NO4. The number of aliphatic carboxylic acids is 1. The maximum Gasteiger partial charge on any atom is 0.326 e. The van der Waals surface area contributed by atoms with E-state index in [2.05, 4.69) is 0 Å². The van der Waals surface area contributed by atoms with Gasteiger partial charge in [-0.3, -0.25) is 4.79 Å². The van der Waals surface area contributed by atoms with Gasteiger partial charge in [-0.1, -0.05) is 48.5 Å². The van der Waals surface area contributed by atoms with E-state index in [4.69, 9.17) is 4.74 Å². The van der Waals surface area contributed by atoms with E-state index in [-0.39, 0.29) is 29.7 Å². The second-order valence-corrected chi connectivity index (χ2v) is 7.54. The van der Waals surface area contributed by atoms with E-state index in [0.717, 1.165) is 22.6 Å². The molecule has 0 aromatic heterocycles. The number of carbonyl (C=O) groups is 2. The summed E-state index contributed by atoms with van der Waals surface area (Å²) in [6, 6.07) is 15.3. The van der Waals surface area contributed by atoms with Gasteiger partial charge < -0.3 is 14.7 Å². The number of hydrogen-bond donors (Lipinski definition) is 1. The van der Waals surface area contributed by atoms with Gasteiger partial charge in [0.25, 0.3) is 5.91 Å². The lowest BCUT2D eigenvalue weighted by molar-refractivity contribution is -0.141. The highest BCUT2D eigenvalue weighted by atomic mass is 19.1. The van der Waals surface area contributed by atoms with E-state index in [0.29, 0.717) is 5.56 Å². The third-order valence-corrected chi connectivity index (χ3v) is 5.78. The van der Waals surface area contributed by atoms with Crippen molar-refractivity contribution < 1.29 is 28.2 Å². The molecule has 4 rings (SSSR count). The smallest absolute Gasteiger partial charge is 0.326 e. The average molecular weight is 437 g/mol. The van der Waals surface area contributed by atoms with E-state index >= 15 is 0 Å². The van der Waals surface area contributed by atoms with Gasteiger partial charge in [0.15, 0.2) is 0 Å². The molecule has 1 amide bonds. The Morgan fingerprint density at radius 2 is 1.59 bits per heavy atom. The molecule has 1 aliphatic heterocycles. The fourth-order valence-electron chi connectivity index (χ4n) is 4.36. The fourth-order valence-corrected chi connectivity index (χ4v) is 4.36. The highest BCUT2D eigenvalue weighted by Gasteiger charge is 2.45. The van der Waals surface area contributed by atoms with Crippen LogP contribution in [0.5, 0.6) is 5.75 Å². The van der Waals surface area contributed by atoms with Gasteiger partial charge in [-0.25, -0.2) is 13.6 Å². The number of methoxy groups -OCH3 is 1. The monoisotopic (exact) mass is 437 g/mol. The summed E-state index contributed by atoms with van der Waals surface area (Å²) < 4.78 is 34.6. The highest BCUT2D eigenvalue weighted by Crippen LogP contribution is 2.42. The van der Waals surface area contributed by atoms with Crippen LogP contribution in [0.4, 0.5) is 8.78 Å². The molecule has 0 radical (unpaired) electrons. The molecule has 2 atom stereocenters. The molecule has 1 heterocycles. The number of benzene rings is 3. The highest BCUT2D eigenvalue weighted by molar-refractivity contribution is 6.05. The molecule has 0 bridgehead atoms. The zero-order valence-electron chi connectivity index (χ0n) is 17.3. The fraction of sp³-hybridized carbons (Fsp3) is 0.200. The van der Waals surface area contributed by atoms with Crippen LogP contribution in [0.2, 0.25) is 0 Å². The van der Waals surface area contributed by atoms with Crippen molar-refractivity contribution in [2.24, 2.45) is 0 Å². The summed E-state index contributed by atoms with van der Waals surface area (Å²) >= 11 is 0. The Kier molecular flexibility index (Phi) is 5.90. The molecule has 0 spiro atoms. The minimum absolute atomic E-state index is 0.0787. The molecule has 1 N–H and O–H groups in total. The molecule has 2 unspecified atom stereocenters. The van der Waals surface area contributed by atoms with E-state index in [1.165, 1.54) is 13.2 Å². The Morgan fingerprint density at radius 3 is 2.22 bits per heavy atom. The quantitative estimate of drug-likeness (QED) is 0.605.